The highest BCUT2D eigenvalue weighted by molar-refractivity contribution is 5.79. The number of ether oxygens (including phenoxy) is 1. The van der Waals surface area contributed by atoms with E-state index in [1.54, 1.807) is 20.2 Å². The maximum absolute atomic E-state index is 11.7. The summed E-state index contributed by atoms with van der Waals surface area (Å²) in [6.07, 6.45) is 1.95. The second-order valence-electron chi connectivity index (χ2n) is 4.86. The van der Waals surface area contributed by atoms with Crippen LogP contribution in [0.15, 0.2) is 18.2 Å². The molecule has 5 nitrogen and oxygen atoms in total. The fourth-order valence-corrected chi connectivity index (χ4v) is 2.54. The fraction of sp³-hybridized carbons (Fsp3) is 0.500. The van der Waals surface area contributed by atoms with Gasteiger partial charge in [0.25, 0.3) is 0 Å². The Labute approximate surface area is 113 Å². The second-order valence-corrected chi connectivity index (χ2v) is 4.86. The van der Waals surface area contributed by atoms with Crippen LogP contribution in [0.3, 0.4) is 0 Å². The van der Waals surface area contributed by atoms with Crippen molar-refractivity contribution in [2.45, 2.75) is 12.8 Å². The zero-order valence-electron chi connectivity index (χ0n) is 11.5. The molecule has 104 valence electrons. The van der Waals surface area contributed by atoms with E-state index >= 15 is 0 Å². The molecule has 1 fully saturated rings. The third-order valence-electron chi connectivity index (χ3n) is 3.55. The van der Waals surface area contributed by atoms with E-state index in [0.29, 0.717) is 5.69 Å². The molecule has 5 heteroatoms. The van der Waals surface area contributed by atoms with Gasteiger partial charge in [0.15, 0.2) is 0 Å². The third-order valence-corrected chi connectivity index (χ3v) is 3.55. The van der Waals surface area contributed by atoms with Crippen molar-refractivity contribution >= 4 is 17.3 Å². The standard InChI is InChI=1S/C14H21N3O2/c1-16-14(18)10-4-3-5-17(9-10)12-6-11(15)7-13(8-12)19-2/h6-8,10H,3-5,9,15H2,1-2H3,(H,16,18). The summed E-state index contributed by atoms with van der Waals surface area (Å²) in [6, 6.07) is 5.68. The topological polar surface area (TPSA) is 67.6 Å². The Morgan fingerprint density at radius 1 is 1.47 bits per heavy atom. The van der Waals surface area contributed by atoms with Gasteiger partial charge in [0.05, 0.1) is 13.0 Å². The van der Waals surface area contributed by atoms with Gasteiger partial charge in [-0.25, -0.2) is 0 Å². The Hall–Kier alpha value is -1.91. The molecular formula is C14H21N3O2. The van der Waals surface area contributed by atoms with Crippen LogP contribution in [0.2, 0.25) is 0 Å². The van der Waals surface area contributed by atoms with Crippen LogP contribution < -0.4 is 20.7 Å². The Kier molecular flexibility index (Phi) is 4.14. The molecule has 19 heavy (non-hydrogen) atoms. The molecule has 2 rings (SSSR count). The normalized spacial score (nSPS) is 19.1. The first kappa shape index (κ1) is 13.5. The molecule has 1 unspecified atom stereocenters. The third kappa shape index (κ3) is 3.10. The van der Waals surface area contributed by atoms with Gasteiger partial charge in [0.1, 0.15) is 5.75 Å². The zero-order chi connectivity index (χ0) is 13.8. The van der Waals surface area contributed by atoms with Gasteiger partial charge < -0.3 is 20.7 Å². The molecule has 1 heterocycles. The SMILES string of the molecule is CNC(=O)C1CCCN(c2cc(N)cc(OC)c2)C1. The van der Waals surface area contributed by atoms with E-state index in [4.69, 9.17) is 10.5 Å². The van der Waals surface area contributed by atoms with E-state index in [0.717, 1.165) is 37.4 Å². The van der Waals surface area contributed by atoms with Gasteiger partial charge in [-0.2, -0.15) is 0 Å². The predicted octanol–water partition coefficient (Wildman–Crippen LogP) is 1.24. The quantitative estimate of drug-likeness (QED) is 0.805. The van der Waals surface area contributed by atoms with E-state index in [1.165, 1.54) is 0 Å². The van der Waals surface area contributed by atoms with Crippen molar-refractivity contribution in [1.82, 2.24) is 5.32 Å². The van der Waals surface area contributed by atoms with Crippen molar-refractivity contribution in [2.24, 2.45) is 5.92 Å². The number of carbonyl (C=O) groups excluding carboxylic acids is 1. The van der Waals surface area contributed by atoms with Crippen LogP contribution in [-0.4, -0.2) is 33.2 Å². The number of amides is 1. The van der Waals surface area contributed by atoms with Crippen molar-refractivity contribution < 1.29 is 9.53 Å². The molecule has 0 spiro atoms. The molecule has 0 radical (unpaired) electrons. The first-order valence-electron chi connectivity index (χ1n) is 6.55. The summed E-state index contributed by atoms with van der Waals surface area (Å²) in [5, 5.41) is 2.73. The molecule has 0 bridgehead atoms. The van der Waals surface area contributed by atoms with Crippen molar-refractivity contribution in [1.29, 1.82) is 0 Å². The summed E-state index contributed by atoms with van der Waals surface area (Å²) in [6.45, 7) is 1.67. The monoisotopic (exact) mass is 263 g/mol. The average molecular weight is 263 g/mol. The summed E-state index contributed by atoms with van der Waals surface area (Å²) in [5.41, 5.74) is 7.57. The van der Waals surface area contributed by atoms with Gasteiger partial charge >= 0.3 is 0 Å². The molecule has 3 N–H and O–H groups in total. The molecule has 1 aromatic rings. The predicted molar refractivity (Wildman–Crippen MR) is 76.4 cm³/mol. The summed E-state index contributed by atoms with van der Waals surface area (Å²) in [5.74, 6) is 0.906. The summed E-state index contributed by atoms with van der Waals surface area (Å²) >= 11 is 0. The van der Waals surface area contributed by atoms with E-state index in [2.05, 4.69) is 10.2 Å². The summed E-state index contributed by atoms with van der Waals surface area (Å²) in [4.78, 5) is 13.9. The molecule has 1 saturated heterocycles. The number of hydrogen-bond donors (Lipinski definition) is 2. The Bertz CT molecular complexity index is 462. The van der Waals surface area contributed by atoms with Crippen LogP contribution in [0.1, 0.15) is 12.8 Å². The van der Waals surface area contributed by atoms with Gasteiger partial charge in [-0.05, 0) is 18.9 Å². The molecule has 1 aliphatic heterocycles. The Balaban J connectivity index is 2.17. The highest BCUT2D eigenvalue weighted by Crippen LogP contribution is 2.29. The lowest BCUT2D eigenvalue weighted by atomic mass is 9.96. The van der Waals surface area contributed by atoms with Crippen LogP contribution in [0.25, 0.3) is 0 Å². The van der Waals surface area contributed by atoms with Gasteiger partial charge in [-0.15, -0.1) is 0 Å². The maximum atomic E-state index is 11.7. The minimum atomic E-state index is 0.0474. The zero-order valence-corrected chi connectivity index (χ0v) is 11.5. The number of rotatable bonds is 3. The Morgan fingerprint density at radius 2 is 2.26 bits per heavy atom. The number of methoxy groups -OCH3 is 1. The number of nitrogens with one attached hydrogen (secondary N) is 1. The molecule has 1 aliphatic rings. The number of nitrogens with zero attached hydrogens (tertiary/aromatic N) is 1. The fourth-order valence-electron chi connectivity index (χ4n) is 2.54. The molecule has 1 atom stereocenters. The van der Waals surface area contributed by atoms with E-state index in [-0.39, 0.29) is 11.8 Å². The largest absolute Gasteiger partial charge is 0.497 e. The minimum Gasteiger partial charge on any atom is -0.497 e. The van der Waals surface area contributed by atoms with Crippen molar-refractivity contribution in [3.8, 4) is 5.75 Å². The number of anilines is 2. The van der Waals surface area contributed by atoms with Crippen molar-refractivity contribution in [3.63, 3.8) is 0 Å². The second kappa shape index (κ2) is 5.82. The molecule has 1 aromatic carbocycles. The lowest BCUT2D eigenvalue weighted by Crippen LogP contribution is -2.42. The molecular weight excluding hydrogens is 242 g/mol. The van der Waals surface area contributed by atoms with Gasteiger partial charge in [0, 0.05) is 43.6 Å². The number of nitrogen functional groups attached to an aromatic ring is 1. The van der Waals surface area contributed by atoms with Crippen LogP contribution in [-0.2, 0) is 4.79 Å². The Morgan fingerprint density at radius 3 is 2.95 bits per heavy atom. The van der Waals surface area contributed by atoms with E-state index < -0.39 is 0 Å². The minimum absolute atomic E-state index is 0.0474. The highest BCUT2D eigenvalue weighted by atomic mass is 16.5. The van der Waals surface area contributed by atoms with Gasteiger partial charge in [-0.3, -0.25) is 4.79 Å². The van der Waals surface area contributed by atoms with Crippen LogP contribution in [0.4, 0.5) is 11.4 Å². The smallest absolute Gasteiger partial charge is 0.224 e. The van der Waals surface area contributed by atoms with Crippen LogP contribution in [0.5, 0.6) is 5.75 Å². The van der Waals surface area contributed by atoms with Crippen molar-refractivity contribution in [2.75, 3.05) is 37.9 Å². The van der Waals surface area contributed by atoms with E-state index in [1.807, 2.05) is 12.1 Å². The van der Waals surface area contributed by atoms with Gasteiger partial charge in [0.2, 0.25) is 5.91 Å². The van der Waals surface area contributed by atoms with Crippen molar-refractivity contribution in [3.05, 3.63) is 18.2 Å². The number of piperidine rings is 1. The van der Waals surface area contributed by atoms with Crippen LogP contribution >= 0.6 is 0 Å². The number of benzene rings is 1. The van der Waals surface area contributed by atoms with Gasteiger partial charge in [-0.1, -0.05) is 0 Å². The maximum Gasteiger partial charge on any atom is 0.224 e. The first-order chi connectivity index (χ1) is 9.13. The number of hydrogen-bond acceptors (Lipinski definition) is 4. The molecule has 0 aliphatic carbocycles. The summed E-state index contributed by atoms with van der Waals surface area (Å²) < 4.78 is 5.24. The lowest BCUT2D eigenvalue weighted by Gasteiger charge is -2.33. The molecule has 1 amide bonds. The number of carbonyl (C=O) groups is 1. The highest BCUT2D eigenvalue weighted by Gasteiger charge is 2.25. The number of nitrogens with two attached hydrogens (primary N) is 1. The molecule has 0 aromatic heterocycles. The summed E-state index contributed by atoms with van der Waals surface area (Å²) in [7, 11) is 3.31. The first-order valence-corrected chi connectivity index (χ1v) is 6.55. The van der Waals surface area contributed by atoms with Crippen LogP contribution in [0, 0.1) is 5.92 Å². The lowest BCUT2D eigenvalue weighted by molar-refractivity contribution is -0.124. The average Bonchev–Trinajstić information content (AvgIpc) is 2.45. The van der Waals surface area contributed by atoms with E-state index in [9.17, 15) is 4.79 Å². The molecule has 0 saturated carbocycles.